The van der Waals surface area contributed by atoms with Crippen molar-refractivity contribution in [2.45, 2.75) is 38.6 Å². The zero-order chi connectivity index (χ0) is 8.10. The Bertz CT molecular complexity index is 102. The summed E-state index contributed by atoms with van der Waals surface area (Å²) in [5.41, 5.74) is 3.93. The maximum atomic E-state index is 3.93. The van der Waals surface area contributed by atoms with E-state index in [4.69, 9.17) is 0 Å². The molecule has 1 saturated heterocycles. The lowest BCUT2D eigenvalue weighted by Crippen LogP contribution is -3.17. The highest BCUT2D eigenvalue weighted by molar-refractivity contribution is 4.58. The fourth-order valence-corrected chi connectivity index (χ4v) is 2.20. The number of piperidine rings is 1. The molecule has 1 heterocycles. The summed E-state index contributed by atoms with van der Waals surface area (Å²) in [6.45, 7) is 6.11. The lowest BCUT2D eigenvalue weighted by Gasteiger charge is -2.30. The molecule has 0 aromatic carbocycles. The normalized spacial score (nSPS) is 32.2. The van der Waals surface area contributed by atoms with Crippen molar-refractivity contribution in [3.8, 4) is 0 Å². The van der Waals surface area contributed by atoms with Crippen molar-refractivity contribution < 1.29 is 10.6 Å². The summed E-state index contributed by atoms with van der Waals surface area (Å²) in [6.07, 6.45) is 5.70. The molecule has 1 rings (SSSR count). The Morgan fingerprint density at radius 3 is 2.91 bits per heavy atom. The smallest absolute Gasteiger partial charge is 0.127 e. The van der Waals surface area contributed by atoms with Gasteiger partial charge in [0.05, 0.1) is 12.6 Å². The second-order valence-corrected chi connectivity index (χ2v) is 3.61. The first kappa shape index (κ1) is 9.01. The number of quaternary nitrogens is 2. The molecule has 0 amide bonds. The highest BCUT2D eigenvalue weighted by Crippen LogP contribution is 2.04. The third-order valence-electron chi connectivity index (χ3n) is 2.87. The molecule has 66 valence electrons. The Kier molecular flexibility index (Phi) is 3.87. The summed E-state index contributed by atoms with van der Waals surface area (Å²) in [5.74, 6) is 0. The minimum atomic E-state index is 0.950. The maximum Gasteiger partial charge on any atom is 0.127 e. The number of hydrogen-bond donors (Lipinski definition) is 2. The van der Waals surface area contributed by atoms with Crippen molar-refractivity contribution in [3.63, 3.8) is 0 Å². The molecule has 2 atom stereocenters. The molecule has 2 nitrogen and oxygen atoms in total. The second kappa shape index (κ2) is 4.73. The van der Waals surface area contributed by atoms with E-state index in [0.29, 0.717) is 0 Å². The molecule has 2 heteroatoms. The van der Waals surface area contributed by atoms with Crippen LogP contribution in [0.2, 0.25) is 0 Å². The van der Waals surface area contributed by atoms with Crippen molar-refractivity contribution >= 4 is 0 Å². The van der Waals surface area contributed by atoms with E-state index >= 15 is 0 Å². The van der Waals surface area contributed by atoms with Crippen LogP contribution in [0.15, 0.2) is 0 Å². The van der Waals surface area contributed by atoms with Gasteiger partial charge in [0.15, 0.2) is 0 Å². The van der Waals surface area contributed by atoms with Crippen molar-refractivity contribution in [2.75, 3.05) is 19.6 Å². The molecule has 0 aromatic heterocycles. The van der Waals surface area contributed by atoms with E-state index in [1.54, 1.807) is 0 Å². The largest absolute Gasteiger partial charge is 0.353 e. The van der Waals surface area contributed by atoms with Crippen molar-refractivity contribution in [3.05, 3.63) is 0 Å². The van der Waals surface area contributed by atoms with Crippen LogP contribution < -0.4 is 10.6 Å². The van der Waals surface area contributed by atoms with E-state index in [2.05, 4.69) is 12.7 Å². The first-order valence-electron chi connectivity index (χ1n) is 5.02. The molecule has 0 spiro atoms. The molecule has 1 aliphatic rings. The first-order chi connectivity index (χ1) is 5.38. The average molecular weight is 158 g/mol. The van der Waals surface area contributed by atoms with Gasteiger partial charge in [0.25, 0.3) is 0 Å². The van der Waals surface area contributed by atoms with E-state index in [0.717, 1.165) is 12.6 Å². The van der Waals surface area contributed by atoms with Gasteiger partial charge in [0, 0.05) is 0 Å². The third-order valence-corrected chi connectivity index (χ3v) is 2.87. The van der Waals surface area contributed by atoms with Crippen molar-refractivity contribution in [2.24, 2.45) is 0 Å². The second-order valence-electron chi connectivity index (χ2n) is 3.61. The summed E-state index contributed by atoms with van der Waals surface area (Å²) in [5, 5.41) is 0. The molecule has 0 saturated carbocycles. The van der Waals surface area contributed by atoms with Crippen LogP contribution in [-0.4, -0.2) is 25.7 Å². The predicted octanol–water partition coefficient (Wildman–Crippen LogP) is -0.924. The predicted molar refractivity (Wildman–Crippen MR) is 46.4 cm³/mol. The SMILES string of the molecule is CC[C@@H]1CCCC[NH+]1CC[NH3+]. The van der Waals surface area contributed by atoms with Gasteiger partial charge >= 0.3 is 0 Å². The Morgan fingerprint density at radius 2 is 2.27 bits per heavy atom. The standard InChI is InChI=1S/C9H20N2/c1-2-9-5-3-4-7-11(9)8-6-10/h9H,2-8,10H2,1H3/p+2/t9-/m1/s1. The Labute approximate surface area is 69.8 Å². The molecule has 0 aromatic rings. The quantitative estimate of drug-likeness (QED) is 0.532. The zero-order valence-corrected chi connectivity index (χ0v) is 7.73. The summed E-state index contributed by atoms with van der Waals surface area (Å²) in [4.78, 5) is 1.81. The fourth-order valence-electron chi connectivity index (χ4n) is 2.20. The van der Waals surface area contributed by atoms with Gasteiger partial charge in [-0.1, -0.05) is 6.92 Å². The summed E-state index contributed by atoms with van der Waals surface area (Å²) in [7, 11) is 0. The lowest BCUT2D eigenvalue weighted by molar-refractivity contribution is -0.935. The Balaban J connectivity index is 2.31. The van der Waals surface area contributed by atoms with Gasteiger partial charge in [-0.3, -0.25) is 0 Å². The lowest BCUT2D eigenvalue weighted by atomic mass is 10.0. The summed E-state index contributed by atoms with van der Waals surface area (Å²) < 4.78 is 0. The number of hydrogen-bond acceptors (Lipinski definition) is 0. The van der Waals surface area contributed by atoms with Crippen LogP contribution in [0.4, 0.5) is 0 Å². The summed E-state index contributed by atoms with van der Waals surface area (Å²) >= 11 is 0. The van der Waals surface area contributed by atoms with Gasteiger partial charge in [-0.2, -0.15) is 0 Å². The molecule has 1 aliphatic heterocycles. The van der Waals surface area contributed by atoms with Crippen LogP contribution in [0.5, 0.6) is 0 Å². The van der Waals surface area contributed by atoms with Crippen LogP contribution in [0.3, 0.4) is 0 Å². The zero-order valence-electron chi connectivity index (χ0n) is 7.73. The molecule has 11 heavy (non-hydrogen) atoms. The van der Waals surface area contributed by atoms with Gasteiger partial charge in [0.1, 0.15) is 13.1 Å². The topological polar surface area (TPSA) is 32.1 Å². The van der Waals surface area contributed by atoms with E-state index < -0.39 is 0 Å². The highest BCUT2D eigenvalue weighted by atomic mass is 15.2. The van der Waals surface area contributed by atoms with Crippen LogP contribution in [0.1, 0.15) is 32.6 Å². The van der Waals surface area contributed by atoms with Gasteiger partial charge < -0.3 is 10.6 Å². The van der Waals surface area contributed by atoms with Gasteiger partial charge in [-0.25, -0.2) is 0 Å². The van der Waals surface area contributed by atoms with E-state index in [9.17, 15) is 0 Å². The molecule has 1 unspecified atom stereocenters. The fraction of sp³-hybridized carbons (Fsp3) is 1.00. The van der Waals surface area contributed by atoms with Crippen LogP contribution >= 0.6 is 0 Å². The number of likely N-dealkylation sites (tertiary alicyclic amines) is 1. The average Bonchev–Trinajstić information content (AvgIpc) is 2.06. The molecule has 4 N–H and O–H groups in total. The highest BCUT2D eigenvalue weighted by Gasteiger charge is 2.23. The minimum Gasteiger partial charge on any atom is -0.353 e. The van der Waals surface area contributed by atoms with E-state index in [1.807, 2.05) is 4.90 Å². The van der Waals surface area contributed by atoms with Gasteiger partial charge in [-0.05, 0) is 25.7 Å². The van der Waals surface area contributed by atoms with Gasteiger partial charge in [0.2, 0.25) is 0 Å². The maximum absolute atomic E-state index is 3.93. The molecule has 1 fully saturated rings. The Hall–Kier alpha value is -0.0800. The van der Waals surface area contributed by atoms with Crippen LogP contribution in [0, 0.1) is 0 Å². The van der Waals surface area contributed by atoms with Gasteiger partial charge in [-0.15, -0.1) is 0 Å². The molecule has 0 radical (unpaired) electrons. The summed E-state index contributed by atoms with van der Waals surface area (Å²) in [6, 6.07) is 0.950. The number of nitrogens with one attached hydrogen (secondary N) is 1. The Morgan fingerprint density at radius 1 is 1.45 bits per heavy atom. The van der Waals surface area contributed by atoms with E-state index in [1.165, 1.54) is 38.8 Å². The monoisotopic (exact) mass is 158 g/mol. The molecular weight excluding hydrogens is 136 g/mol. The first-order valence-corrected chi connectivity index (χ1v) is 5.02. The van der Waals surface area contributed by atoms with Crippen molar-refractivity contribution in [1.82, 2.24) is 0 Å². The van der Waals surface area contributed by atoms with Crippen LogP contribution in [0.25, 0.3) is 0 Å². The third kappa shape index (κ3) is 2.46. The molecule has 0 aliphatic carbocycles. The number of rotatable bonds is 3. The molecule has 0 bridgehead atoms. The van der Waals surface area contributed by atoms with Crippen molar-refractivity contribution in [1.29, 1.82) is 0 Å². The van der Waals surface area contributed by atoms with E-state index in [-0.39, 0.29) is 0 Å². The van der Waals surface area contributed by atoms with Crippen LogP contribution in [-0.2, 0) is 0 Å². The molecular formula is C9H22N2+2. The minimum absolute atomic E-state index is 0.950.